The van der Waals surface area contributed by atoms with Crippen molar-refractivity contribution in [2.24, 2.45) is 0 Å². The summed E-state index contributed by atoms with van der Waals surface area (Å²) in [7, 11) is 0. The molecule has 0 unspecified atom stereocenters. The SMILES string of the molecule is CC#CCCN1C(=O)C(C)=C(C)C1=O. The summed E-state index contributed by atoms with van der Waals surface area (Å²) in [5.74, 6) is 5.21. The number of imide groups is 1. The van der Waals surface area contributed by atoms with Gasteiger partial charge in [0.2, 0.25) is 0 Å². The molecule has 1 rings (SSSR count). The van der Waals surface area contributed by atoms with Gasteiger partial charge in [-0.15, -0.1) is 11.8 Å². The summed E-state index contributed by atoms with van der Waals surface area (Å²) in [6.07, 6.45) is 0.550. The molecule has 0 aromatic heterocycles. The number of hydrogen-bond donors (Lipinski definition) is 0. The topological polar surface area (TPSA) is 37.4 Å². The molecule has 0 N–H and O–H groups in total. The van der Waals surface area contributed by atoms with Crippen molar-refractivity contribution in [3.8, 4) is 11.8 Å². The fourth-order valence-corrected chi connectivity index (χ4v) is 1.31. The van der Waals surface area contributed by atoms with Crippen molar-refractivity contribution in [2.45, 2.75) is 27.2 Å². The predicted molar refractivity (Wildman–Crippen MR) is 53.2 cm³/mol. The first-order valence-corrected chi connectivity index (χ1v) is 4.53. The highest BCUT2D eigenvalue weighted by atomic mass is 16.2. The van der Waals surface area contributed by atoms with Crippen LogP contribution in [0.5, 0.6) is 0 Å². The van der Waals surface area contributed by atoms with E-state index in [1.54, 1.807) is 20.8 Å². The van der Waals surface area contributed by atoms with Crippen LogP contribution in [0.1, 0.15) is 27.2 Å². The smallest absolute Gasteiger partial charge is 0.256 e. The lowest BCUT2D eigenvalue weighted by atomic mass is 10.2. The van der Waals surface area contributed by atoms with Crippen LogP contribution in [0.2, 0.25) is 0 Å². The number of hydrogen-bond acceptors (Lipinski definition) is 2. The van der Waals surface area contributed by atoms with Crippen LogP contribution in [0.25, 0.3) is 0 Å². The maximum absolute atomic E-state index is 11.5. The van der Waals surface area contributed by atoms with Crippen LogP contribution in [-0.4, -0.2) is 23.3 Å². The van der Waals surface area contributed by atoms with Crippen molar-refractivity contribution in [3.63, 3.8) is 0 Å². The predicted octanol–water partition coefficient (Wildman–Crippen LogP) is 1.10. The number of amides is 2. The molecule has 74 valence electrons. The van der Waals surface area contributed by atoms with E-state index in [1.165, 1.54) is 4.90 Å². The van der Waals surface area contributed by atoms with Crippen molar-refractivity contribution in [3.05, 3.63) is 11.1 Å². The molecule has 0 fully saturated rings. The number of carbonyl (C=O) groups is 2. The maximum Gasteiger partial charge on any atom is 0.256 e. The number of rotatable bonds is 2. The molecule has 1 aliphatic heterocycles. The Morgan fingerprint density at radius 1 is 1.14 bits per heavy atom. The second-order valence-corrected chi connectivity index (χ2v) is 3.19. The first-order valence-electron chi connectivity index (χ1n) is 4.53. The molecular formula is C11H13NO2. The molecular weight excluding hydrogens is 178 g/mol. The van der Waals surface area contributed by atoms with Gasteiger partial charge in [-0.3, -0.25) is 14.5 Å². The average molecular weight is 191 g/mol. The van der Waals surface area contributed by atoms with Crippen LogP contribution >= 0.6 is 0 Å². The largest absolute Gasteiger partial charge is 0.274 e. The fraction of sp³-hybridized carbons (Fsp3) is 0.455. The molecule has 0 aromatic carbocycles. The third-order valence-corrected chi connectivity index (χ3v) is 2.33. The molecule has 3 nitrogen and oxygen atoms in total. The van der Waals surface area contributed by atoms with Gasteiger partial charge in [0.1, 0.15) is 0 Å². The van der Waals surface area contributed by atoms with Gasteiger partial charge in [0.05, 0.1) is 0 Å². The lowest BCUT2D eigenvalue weighted by Gasteiger charge is -2.12. The standard InChI is InChI=1S/C11H13NO2/c1-4-5-6-7-12-10(13)8(2)9(3)11(12)14/h6-7H2,1-3H3. The van der Waals surface area contributed by atoms with Crippen molar-refractivity contribution in [1.82, 2.24) is 4.90 Å². The first kappa shape index (κ1) is 10.5. The fourth-order valence-electron chi connectivity index (χ4n) is 1.31. The highest BCUT2D eigenvalue weighted by Gasteiger charge is 2.32. The highest BCUT2D eigenvalue weighted by Crippen LogP contribution is 2.19. The zero-order valence-corrected chi connectivity index (χ0v) is 8.68. The van der Waals surface area contributed by atoms with Crippen molar-refractivity contribution >= 4 is 11.8 Å². The Bertz CT molecular complexity index is 344. The summed E-state index contributed by atoms with van der Waals surface area (Å²) >= 11 is 0. The van der Waals surface area contributed by atoms with E-state index in [-0.39, 0.29) is 11.8 Å². The average Bonchev–Trinajstić information content (AvgIpc) is 2.35. The number of nitrogens with zero attached hydrogens (tertiary/aromatic N) is 1. The molecule has 0 saturated heterocycles. The van der Waals surface area contributed by atoms with E-state index in [0.717, 1.165) is 0 Å². The van der Waals surface area contributed by atoms with E-state index >= 15 is 0 Å². The normalized spacial score (nSPS) is 16.1. The third kappa shape index (κ3) is 1.69. The molecule has 0 aliphatic carbocycles. The molecule has 0 bridgehead atoms. The van der Waals surface area contributed by atoms with Gasteiger partial charge in [-0.25, -0.2) is 0 Å². The van der Waals surface area contributed by atoms with Crippen LogP contribution in [-0.2, 0) is 9.59 Å². The third-order valence-electron chi connectivity index (χ3n) is 2.33. The molecule has 1 heterocycles. The summed E-state index contributed by atoms with van der Waals surface area (Å²) in [6, 6.07) is 0. The van der Waals surface area contributed by atoms with E-state index in [4.69, 9.17) is 0 Å². The van der Waals surface area contributed by atoms with Crippen LogP contribution in [0.4, 0.5) is 0 Å². The highest BCUT2D eigenvalue weighted by molar-refractivity contribution is 6.18. The number of carbonyl (C=O) groups excluding carboxylic acids is 2. The molecule has 0 spiro atoms. The Hall–Kier alpha value is -1.56. The van der Waals surface area contributed by atoms with Crippen molar-refractivity contribution in [1.29, 1.82) is 0 Å². The zero-order chi connectivity index (χ0) is 10.7. The van der Waals surface area contributed by atoms with E-state index in [2.05, 4.69) is 11.8 Å². The van der Waals surface area contributed by atoms with Crippen molar-refractivity contribution in [2.75, 3.05) is 6.54 Å². The van der Waals surface area contributed by atoms with Gasteiger partial charge in [-0.1, -0.05) is 0 Å². The summed E-state index contributed by atoms with van der Waals surface area (Å²) in [4.78, 5) is 24.3. The van der Waals surface area contributed by atoms with Crippen molar-refractivity contribution < 1.29 is 9.59 Å². The van der Waals surface area contributed by atoms with E-state index in [0.29, 0.717) is 24.1 Å². The summed E-state index contributed by atoms with van der Waals surface area (Å²) in [6.45, 7) is 5.50. The molecule has 2 amide bonds. The Labute approximate surface area is 83.8 Å². The van der Waals surface area contributed by atoms with E-state index in [1.807, 2.05) is 0 Å². The quantitative estimate of drug-likeness (QED) is 0.484. The van der Waals surface area contributed by atoms with Gasteiger partial charge in [-0.2, -0.15) is 0 Å². The summed E-state index contributed by atoms with van der Waals surface area (Å²) in [5.41, 5.74) is 1.11. The Kier molecular flexibility index (Phi) is 3.08. The van der Waals surface area contributed by atoms with E-state index < -0.39 is 0 Å². The van der Waals surface area contributed by atoms with Gasteiger partial charge in [-0.05, 0) is 20.8 Å². The molecule has 0 aromatic rings. The summed E-state index contributed by atoms with van der Waals surface area (Å²) in [5, 5.41) is 0. The van der Waals surface area contributed by atoms with E-state index in [9.17, 15) is 9.59 Å². The minimum absolute atomic E-state index is 0.176. The lowest BCUT2D eigenvalue weighted by Crippen LogP contribution is -2.32. The summed E-state index contributed by atoms with van der Waals surface area (Å²) < 4.78 is 0. The second kappa shape index (κ2) is 4.10. The van der Waals surface area contributed by atoms with Gasteiger partial charge in [0, 0.05) is 24.1 Å². The van der Waals surface area contributed by atoms with Crippen LogP contribution in [0.15, 0.2) is 11.1 Å². The lowest BCUT2D eigenvalue weighted by molar-refractivity contribution is -0.137. The minimum atomic E-state index is -0.176. The molecule has 3 heteroatoms. The molecule has 0 radical (unpaired) electrons. The van der Waals surface area contributed by atoms with Gasteiger partial charge in [0.15, 0.2) is 0 Å². The minimum Gasteiger partial charge on any atom is -0.274 e. The van der Waals surface area contributed by atoms with Gasteiger partial charge >= 0.3 is 0 Å². The Morgan fingerprint density at radius 2 is 1.64 bits per heavy atom. The van der Waals surface area contributed by atoms with Crippen LogP contribution in [0, 0.1) is 11.8 Å². The maximum atomic E-state index is 11.5. The molecule has 14 heavy (non-hydrogen) atoms. The first-order chi connectivity index (χ1) is 6.59. The molecule has 0 atom stereocenters. The Morgan fingerprint density at radius 3 is 2.07 bits per heavy atom. The zero-order valence-electron chi connectivity index (χ0n) is 8.68. The van der Waals surface area contributed by atoms with Crippen LogP contribution in [0.3, 0.4) is 0 Å². The second-order valence-electron chi connectivity index (χ2n) is 3.19. The molecule has 1 aliphatic rings. The van der Waals surface area contributed by atoms with Crippen LogP contribution < -0.4 is 0 Å². The van der Waals surface area contributed by atoms with Gasteiger partial charge < -0.3 is 0 Å². The molecule has 0 saturated carbocycles. The monoisotopic (exact) mass is 191 g/mol. The Balaban J connectivity index is 2.70. The van der Waals surface area contributed by atoms with Gasteiger partial charge in [0.25, 0.3) is 11.8 Å².